The average Bonchev–Trinajstić information content (AvgIpc) is 2.52. The van der Waals surface area contributed by atoms with Crippen LogP contribution in [0.15, 0.2) is 35.3 Å². The molecule has 0 heterocycles. The fourth-order valence-electron chi connectivity index (χ4n) is 3.10. The van der Waals surface area contributed by atoms with Crippen LogP contribution in [0.3, 0.4) is 0 Å². The lowest BCUT2D eigenvalue weighted by molar-refractivity contribution is 0.301. The summed E-state index contributed by atoms with van der Waals surface area (Å²) in [6.07, 6.45) is 7.46. The van der Waals surface area contributed by atoms with Crippen molar-refractivity contribution in [3.8, 4) is 0 Å². The van der Waals surface area contributed by atoms with E-state index in [0.29, 0.717) is 5.96 Å². The van der Waals surface area contributed by atoms with Gasteiger partial charge in [0.2, 0.25) is 0 Å². The van der Waals surface area contributed by atoms with Crippen LogP contribution >= 0.6 is 0 Å². The topological polar surface area (TPSA) is 50.4 Å². The third kappa shape index (κ3) is 3.75. The van der Waals surface area contributed by atoms with Crippen LogP contribution in [0, 0.1) is 0 Å². The van der Waals surface area contributed by atoms with Gasteiger partial charge in [-0.3, -0.25) is 4.99 Å². The molecule has 110 valence electrons. The van der Waals surface area contributed by atoms with Crippen LogP contribution in [0.4, 0.5) is 0 Å². The minimum atomic E-state index is 0.192. The number of hydrogen-bond donors (Lipinski definition) is 2. The SMILES string of the molecule is CCCNC(N)=NCC1(c2ccccc2)CCCCC1. The minimum absolute atomic E-state index is 0.192. The lowest BCUT2D eigenvalue weighted by atomic mass is 9.69. The molecule has 0 spiro atoms. The number of benzene rings is 1. The van der Waals surface area contributed by atoms with E-state index in [0.717, 1.165) is 19.5 Å². The highest BCUT2D eigenvalue weighted by Crippen LogP contribution is 2.39. The Bertz CT molecular complexity index is 419. The van der Waals surface area contributed by atoms with Gasteiger partial charge in [0.05, 0.1) is 6.54 Å². The third-order valence-corrected chi connectivity index (χ3v) is 4.31. The molecule has 20 heavy (non-hydrogen) atoms. The summed E-state index contributed by atoms with van der Waals surface area (Å²) in [5.74, 6) is 0.590. The molecule has 2 rings (SSSR count). The van der Waals surface area contributed by atoms with Crippen molar-refractivity contribution in [1.82, 2.24) is 5.32 Å². The molecular weight excluding hydrogens is 246 g/mol. The van der Waals surface area contributed by atoms with Crippen molar-refractivity contribution in [2.24, 2.45) is 10.7 Å². The van der Waals surface area contributed by atoms with Gasteiger partial charge in [0.25, 0.3) is 0 Å². The van der Waals surface area contributed by atoms with Gasteiger partial charge in [0, 0.05) is 12.0 Å². The molecule has 0 bridgehead atoms. The van der Waals surface area contributed by atoms with Crippen LogP contribution in [0.25, 0.3) is 0 Å². The molecule has 1 fully saturated rings. The third-order valence-electron chi connectivity index (χ3n) is 4.31. The molecule has 1 saturated carbocycles. The smallest absolute Gasteiger partial charge is 0.188 e. The van der Waals surface area contributed by atoms with Crippen LogP contribution in [-0.4, -0.2) is 19.0 Å². The van der Waals surface area contributed by atoms with Crippen molar-refractivity contribution >= 4 is 5.96 Å². The molecule has 1 aliphatic carbocycles. The van der Waals surface area contributed by atoms with E-state index in [4.69, 9.17) is 5.73 Å². The number of hydrogen-bond acceptors (Lipinski definition) is 1. The van der Waals surface area contributed by atoms with E-state index >= 15 is 0 Å². The first-order valence-electron chi connectivity index (χ1n) is 7.86. The highest BCUT2D eigenvalue weighted by Gasteiger charge is 2.33. The summed E-state index contributed by atoms with van der Waals surface area (Å²) in [5, 5.41) is 3.17. The number of aliphatic imine (C=N–C) groups is 1. The van der Waals surface area contributed by atoms with Gasteiger partial charge in [-0.2, -0.15) is 0 Å². The largest absolute Gasteiger partial charge is 0.370 e. The average molecular weight is 273 g/mol. The molecule has 1 aromatic rings. The Morgan fingerprint density at radius 1 is 1.20 bits per heavy atom. The fourth-order valence-corrected chi connectivity index (χ4v) is 3.10. The number of guanidine groups is 1. The van der Waals surface area contributed by atoms with E-state index in [1.54, 1.807) is 0 Å². The van der Waals surface area contributed by atoms with E-state index in [1.807, 2.05) is 0 Å². The Morgan fingerprint density at radius 2 is 1.90 bits per heavy atom. The van der Waals surface area contributed by atoms with Crippen molar-refractivity contribution in [3.63, 3.8) is 0 Å². The fraction of sp³-hybridized carbons (Fsp3) is 0.588. The van der Waals surface area contributed by atoms with Gasteiger partial charge in [-0.15, -0.1) is 0 Å². The lowest BCUT2D eigenvalue weighted by Gasteiger charge is -2.36. The van der Waals surface area contributed by atoms with Crippen molar-refractivity contribution in [3.05, 3.63) is 35.9 Å². The highest BCUT2D eigenvalue weighted by molar-refractivity contribution is 5.77. The summed E-state index contributed by atoms with van der Waals surface area (Å²) in [6.45, 7) is 3.83. The summed E-state index contributed by atoms with van der Waals surface area (Å²) >= 11 is 0. The highest BCUT2D eigenvalue weighted by atomic mass is 15.1. The molecule has 0 radical (unpaired) electrons. The molecule has 0 unspecified atom stereocenters. The van der Waals surface area contributed by atoms with Gasteiger partial charge < -0.3 is 11.1 Å². The maximum absolute atomic E-state index is 5.95. The Hall–Kier alpha value is -1.51. The molecule has 0 saturated heterocycles. The molecule has 3 heteroatoms. The predicted molar refractivity (Wildman–Crippen MR) is 86.0 cm³/mol. The molecule has 0 aliphatic heterocycles. The standard InChI is InChI=1S/C17H27N3/c1-2-13-19-16(18)20-14-17(11-7-4-8-12-17)15-9-5-3-6-10-15/h3,5-6,9-10H,2,4,7-8,11-14H2,1H3,(H3,18,19,20). The predicted octanol–water partition coefficient (Wildman–Crippen LogP) is 3.20. The minimum Gasteiger partial charge on any atom is -0.370 e. The van der Waals surface area contributed by atoms with Gasteiger partial charge in [-0.1, -0.05) is 56.5 Å². The quantitative estimate of drug-likeness (QED) is 0.639. The van der Waals surface area contributed by atoms with Gasteiger partial charge >= 0.3 is 0 Å². The van der Waals surface area contributed by atoms with Crippen LogP contribution in [0.5, 0.6) is 0 Å². The Morgan fingerprint density at radius 3 is 2.55 bits per heavy atom. The van der Waals surface area contributed by atoms with Gasteiger partial charge in [-0.25, -0.2) is 0 Å². The van der Waals surface area contributed by atoms with E-state index < -0.39 is 0 Å². The zero-order valence-corrected chi connectivity index (χ0v) is 12.6. The second-order valence-electron chi connectivity index (χ2n) is 5.84. The molecule has 0 amide bonds. The normalized spacial score (nSPS) is 18.8. The van der Waals surface area contributed by atoms with Gasteiger partial charge in [0.15, 0.2) is 5.96 Å². The maximum Gasteiger partial charge on any atom is 0.188 e. The first-order valence-corrected chi connectivity index (χ1v) is 7.86. The second kappa shape index (κ2) is 7.32. The summed E-state index contributed by atoms with van der Waals surface area (Å²) in [5.41, 5.74) is 7.57. The zero-order valence-electron chi connectivity index (χ0n) is 12.6. The van der Waals surface area contributed by atoms with E-state index in [2.05, 4.69) is 47.6 Å². The number of nitrogens with zero attached hydrogens (tertiary/aromatic N) is 1. The van der Waals surface area contributed by atoms with Crippen molar-refractivity contribution in [1.29, 1.82) is 0 Å². The maximum atomic E-state index is 5.95. The number of nitrogens with one attached hydrogen (secondary N) is 1. The lowest BCUT2D eigenvalue weighted by Crippen LogP contribution is -2.37. The van der Waals surface area contributed by atoms with Gasteiger partial charge in [0.1, 0.15) is 0 Å². The molecule has 1 aliphatic rings. The first-order chi connectivity index (χ1) is 9.77. The molecule has 3 N–H and O–H groups in total. The number of rotatable bonds is 5. The van der Waals surface area contributed by atoms with Crippen LogP contribution in [-0.2, 0) is 5.41 Å². The summed E-state index contributed by atoms with van der Waals surface area (Å²) in [6, 6.07) is 10.8. The molecule has 1 aromatic carbocycles. The van der Waals surface area contributed by atoms with Crippen LogP contribution in [0.2, 0.25) is 0 Å². The van der Waals surface area contributed by atoms with E-state index in [-0.39, 0.29) is 5.41 Å². The Labute approximate surface area is 122 Å². The van der Waals surface area contributed by atoms with Crippen LogP contribution < -0.4 is 11.1 Å². The zero-order chi connectivity index (χ0) is 14.3. The molecule has 3 nitrogen and oxygen atoms in total. The first kappa shape index (κ1) is 14.9. The Kier molecular flexibility index (Phi) is 5.45. The summed E-state index contributed by atoms with van der Waals surface area (Å²) in [4.78, 5) is 4.62. The van der Waals surface area contributed by atoms with Gasteiger partial charge in [-0.05, 0) is 24.8 Å². The summed E-state index contributed by atoms with van der Waals surface area (Å²) < 4.78 is 0. The van der Waals surface area contributed by atoms with Crippen molar-refractivity contribution in [2.45, 2.75) is 50.9 Å². The monoisotopic (exact) mass is 273 g/mol. The second-order valence-corrected chi connectivity index (χ2v) is 5.84. The van der Waals surface area contributed by atoms with E-state index in [9.17, 15) is 0 Å². The van der Waals surface area contributed by atoms with Crippen LogP contribution in [0.1, 0.15) is 51.0 Å². The Balaban J connectivity index is 2.12. The molecule has 0 aromatic heterocycles. The molecular formula is C17H27N3. The summed E-state index contributed by atoms with van der Waals surface area (Å²) in [7, 11) is 0. The number of nitrogens with two attached hydrogens (primary N) is 1. The molecule has 0 atom stereocenters. The van der Waals surface area contributed by atoms with E-state index in [1.165, 1.54) is 37.7 Å². The van der Waals surface area contributed by atoms with Crippen molar-refractivity contribution in [2.75, 3.05) is 13.1 Å². The van der Waals surface area contributed by atoms with Crippen molar-refractivity contribution < 1.29 is 0 Å².